The zero-order chi connectivity index (χ0) is 13.0. The largest absolute Gasteiger partial charge is 0.321 e. The highest BCUT2D eigenvalue weighted by atomic mass is 16.1. The third-order valence-corrected chi connectivity index (χ3v) is 2.40. The molecule has 1 aromatic heterocycles. The van der Waals surface area contributed by atoms with E-state index in [4.69, 9.17) is 5.26 Å². The van der Waals surface area contributed by atoms with Gasteiger partial charge < -0.3 is 5.32 Å². The molecule has 0 atom stereocenters. The number of aryl methyl sites for hydroxylation is 1. The number of pyridine rings is 1. The van der Waals surface area contributed by atoms with E-state index in [-0.39, 0.29) is 11.6 Å². The molecule has 88 valence electrons. The number of carbonyl (C=O) groups excluding carboxylic acids is 1. The minimum absolute atomic E-state index is 0.287. The molecule has 0 radical (unpaired) electrons. The van der Waals surface area contributed by atoms with Gasteiger partial charge in [-0.3, -0.25) is 4.79 Å². The van der Waals surface area contributed by atoms with Gasteiger partial charge in [0.25, 0.3) is 5.91 Å². The molecule has 4 nitrogen and oxygen atoms in total. The van der Waals surface area contributed by atoms with E-state index in [1.165, 1.54) is 12.3 Å². The van der Waals surface area contributed by atoms with Gasteiger partial charge in [-0.15, -0.1) is 0 Å². The summed E-state index contributed by atoms with van der Waals surface area (Å²) in [6.07, 6.45) is 1.38. The Labute approximate surface area is 105 Å². The van der Waals surface area contributed by atoms with Gasteiger partial charge >= 0.3 is 0 Å². The fourth-order valence-corrected chi connectivity index (χ4v) is 1.51. The summed E-state index contributed by atoms with van der Waals surface area (Å²) >= 11 is 0. The Morgan fingerprint density at radius 3 is 2.78 bits per heavy atom. The number of benzene rings is 1. The Morgan fingerprint density at radius 1 is 1.33 bits per heavy atom. The number of rotatable bonds is 2. The standard InChI is InChI=1S/C14H11N3O/c1-10-3-2-4-12(7-10)17-14(18)13-6-5-11(8-15)9-16-13/h2-7,9H,1H3,(H,17,18). The quantitative estimate of drug-likeness (QED) is 0.872. The molecule has 18 heavy (non-hydrogen) atoms. The first-order chi connectivity index (χ1) is 8.69. The lowest BCUT2D eigenvalue weighted by Gasteiger charge is -2.05. The number of nitriles is 1. The lowest BCUT2D eigenvalue weighted by molar-refractivity contribution is 0.102. The van der Waals surface area contributed by atoms with E-state index in [1.54, 1.807) is 6.07 Å². The van der Waals surface area contributed by atoms with Crippen LogP contribution in [0.1, 0.15) is 21.6 Å². The maximum atomic E-state index is 11.9. The molecule has 0 fully saturated rings. The van der Waals surface area contributed by atoms with Gasteiger partial charge in [0, 0.05) is 11.9 Å². The molecule has 2 rings (SSSR count). The van der Waals surface area contributed by atoms with Crippen LogP contribution in [0.15, 0.2) is 42.6 Å². The van der Waals surface area contributed by atoms with Crippen LogP contribution in [0.3, 0.4) is 0 Å². The summed E-state index contributed by atoms with van der Waals surface area (Å²) in [6, 6.07) is 12.6. The summed E-state index contributed by atoms with van der Waals surface area (Å²) in [6.45, 7) is 1.95. The second-order valence-electron chi connectivity index (χ2n) is 3.87. The summed E-state index contributed by atoms with van der Waals surface area (Å²) in [5, 5.41) is 11.4. The van der Waals surface area contributed by atoms with Gasteiger partial charge in [-0.25, -0.2) is 4.98 Å². The Bertz CT molecular complexity index is 612. The minimum Gasteiger partial charge on any atom is -0.321 e. The Balaban J connectivity index is 2.14. The van der Waals surface area contributed by atoms with Crippen LogP contribution in [0.5, 0.6) is 0 Å². The van der Waals surface area contributed by atoms with Crippen LogP contribution in [0.4, 0.5) is 5.69 Å². The van der Waals surface area contributed by atoms with Gasteiger partial charge in [0.05, 0.1) is 5.56 Å². The predicted octanol–water partition coefficient (Wildman–Crippen LogP) is 2.51. The first kappa shape index (κ1) is 11.8. The summed E-state index contributed by atoms with van der Waals surface area (Å²) < 4.78 is 0. The molecule has 0 spiro atoms. The molecule has 0 aliphatic rings. The van der Waals surface area contributed by atoms with Crippen molar-refractivity contribution in [2.75, 3.05) is 5.32 Å². The van der Waals surface area contributed by atoms with Crippen molar-refractivity contribution in [1.82, 2.24) is 4.98 Å². The summed E-state index contributed by atoms with van der Waals surface area (Å²) in [4.78, 5) is 15.8. The van der Waals surface area contributed by atoms with Crippen molar-refractivity contribution < 1.29 is 4.79 Å². The van der Waals surface area contributed by atoms with Gasteiger partial charge in [0.1, 0.15) is 11.8 Å². The van der Waals surface area contributed by atoms with Crippen LogP contribution in [-0.4, -0.2) is 10.9 Å². The number of hydrogen-bond acceptors (Lipinski definition) is 3. The number of anilines is 1. The Morgan fingerprint density at radius 2 is 2.17 bits per heavy atom. The van der Waals surface area contributed by atoms with E-state index >= 15 is 0 Å². The van der Waals surface area contributed by atoms with E-state index in [0.717, 1.165) is 11.3 Å². The van der Waals surface area contributed by atoms with Gasteiger partial charge in [-0.2, -0.15) is 5.26 Å². The minimum atomic E-state index is -0.287. The highest BCUT2D eigenvalue weighted by Crippen LogP contribution is 2.11. The maximum Gasteiger partial charge on any atom is 0.274 e. The first-order valence-corrected chi connectivity index (χ1v) is 5.43. The average molecular weight is 237 g/mol. The van der Waals surface area contributed by atoms with Crippen molar-refractivity contribution in [3.05, 3.63) is 59.4 Å². The van der Waals surface area contributed by atoms with Crippen molar-refractivity contribution in [3.63, 3.8) is 0 Å². The van der Waals surface area contributed by atoms with Gasteiger partial charge in [0.2, 0.25) is 0 Å². The number of nitrogens with one attached hydrogen (secondary N) is 1. The molecule has 0 aliphatic carbocycles. The third-order valence-electron chi connectivity index (χ3n) is 2.40. The SMILES string of the molecule is Cc1cccc(NC(=O)c2ccc(C#N)cn2)c1. The van der Waals surface area contributed by atoms with E-state index in [1.807, 2.05) is 37.3 Å². The Hall–Kier alpha value is -2.67. The van der Waals surface area contributed by atoms with Gasteiger partial charge in [-0.05, 0) is 36.8 Å². The zero-order valence-corrected chi connectivity index (χ0v) is 9.84. The number of aromatic nitrogens is 1. The second-order valence-corrected chi connectivity index (χ2v) is 3.87. The van der Waals surface area contributed by atoms with Crippen molar-refractivity contribution in [2.45, 2.75) is 6.92 Å². The van der Waals surface area contributed by atoms with Crippen molar-refractivity contribution in [3.8, 4) is 6.07 Å². The summed E-state index contributed by atoms with van der Waals surface area (Å²) in [5.74, 6) is -0.287. The van der Waals surface area contributed by atoms with Crippen LogP contribution >= 0.6 is 0 Å². The Kier molecular flexibility index (Phi) is 3.35. The first-order valence-electron chi connectivity index (χ1n) is 5.43. The topological polar surface area (TPSA) is 65.8 Å². The van der Waals surface area contributed by atoms with E-state index < -0.39 is 0 Å². The summed E-state index contributed by atoms with van der Waals surface area (Å²) in [7, 11) is 0. The third kappa shape index (κ3) is 2.71. The smallest absolute Gasteiger partial charge is 0.274 e. The molecule has 1 N–H and O–H groups in total. The summed E-state index contributed by atoms with van der Waals surface area (Å²) in [5.41, 5.74) is 2.52. The molecule has 1 heterocycles. The predicted molar refractivity (Wildman–Crippen MR) is 68.1 cm³/mol. The molecule has 1 aromatic carbocycles. The molecule has 0 bridgehead atoms. The molecule has 1 amide bonds. The normalized spacial score (nSPS) is 9.56. The monoisotopic (exact) mass is 237 g/mol. The fraction of sp³-hybridized carbons (Fsp3) is 0.0714. The molecule has 2 aromatic rings. The molecule has 0 unspecified atom stereocenters. The van der Waals surface area contributed by atoms with Crippen LogP contribution in [0.2, 0.25) is 0 Å². The lowest BCUT2D eigenvalue weighted by Crippen LogP contribution is -2.13. The van der Waals surface area contributed by atoms with Crippen LogP contribution < -0.4 is 5.32 Å². The molecule has 4 heteroatoms. The van der Waals surface area contributed by atoms with Gasteiger partial charge in [-0.1, -0.05) is 12.1 Å². The van der Waals surface area contributed by atoms with Crippen molar-refractivity contribution >= 4 is 11.6 Å². The number of amides is 1. The molecule has 0 aliphatic heterocycles. The molecular formula is C14H11N3O. The number of hydrogen-bond donors (Lipinski definition) is 1. The highest BCUT2D eigenvalue weighted by molar-refractivity contribution is 6.02. The van der Waals surface area contributed by atoms with E-state index in [9.17, 15) is 4.79 Å². The highest BCUT2D eigenvalue weighted by Gasteiger charge is 2.07. The molecule has 0 saturated carbocycles. The van der Waals surface area contributed by atoms with E-state index in [0.29, 0.717) is 5.56 Å². The molecule has 0 saturated heterocycles. The lowest BCUT2D eigenvalue weighted by atomic mass is 10.2. The van der Waals surface area contributed by atoms with E-state index in [2.05, 4.69) is 10.3 Å². The second kappa shape index (κ2) is 5.11. The average Bonchev–Trinajstić information content (AvgIpc) is 2.39. The van der Waals surface area contributed by atoms with Crippen molar-refractivity contribution in [1.29, 1.82) is 5.26 Å². The number of nitrogens with zero attached hydrogens (tertiary/aromatic N) is 2. The van der Waals surface area contributed by atoms with Crippen LogP contribution in [-0.2, 0) is 0 Å². The van der Waals surface area contributed by atoms with Gasteiger partial charge in [0.15, 0.2) is 0 Å². The number of carbonyl (C=O) groups is 1. The van der Waals surface area contributed by atoms with Crippen LogP contribution in [0, 0.1) is 18.3 Å². The van der Waals surface area contributed by atoms with Crippen LogP contribution in [0.25, 0.3) is 0 Å². The van der Waals surface area contributed by atoms with Crippen molar-refractivity contribution in [2.24, 2.45) is 0 Å². The zero-order valence-electron chi connectivity index (χ0n) is 9.84. The molecular weight excluding hydrogens is 226 g/mol. The maximum absolute atomic E-state index is 11.9. The fourth-order valence-electron chi connectivity index (χ4n) is 1.51.